The van der Waals surface area contributed by atoms with Crippen LogP contribution < -0.4 is 4.74 Å². The first kappa shape index (κ1) is 11.5. The topological polar surface area (TPSA) is 26.3 Å². The Balaban J connectivity index is 3.09. The summed E-state index contributed by atoms with van der Waals surface area (Å²) in [5, 5.41) is 0.501. The van der Waals surface area contributed by atoms with Crippen LogP contribution in [0.25, 0.3) is 0 Å². The molecule has 1 unspecified atom stereocenters. The normalized spacial score (nSPS) is 12.3. The van der Waals surface area contributed by atoms with E-state index in [1.165, 1.54) is 7.11 Å². The van der Waals surface area contributed by atoms with Crippen molar-refractivity contribution < 1.29 is 9.53 Å². The maximum absolute atomic E-state index is 11.6. The van der Waals surface area contributed by atoms with Crippen molar-refractivity contribution in [3.8, 4) is 5.75 Å². The molecule has 0 spiro atoms. The standard InChI is InChI=1S/C10H10BrClO2/c1-6(11)10(13)7-3-8(12)5-9(4-7)14-2/h3-6H,1-2H3. The lowest BCUT2D eigenvalue weighted by Crippen LogP contribution is -2.09. The molecule has 0 aromatic heterocycles. The third kappa shape index (κ3) is 2.72. The van der Waals surface area contributed by atoms with Gasteiger partial charge in [-0.2, -0.15) is 0 Å². The van der Waals surface area contributed by atoms with Crippen molar-refractivity contribution >= 4 is 33.3 Å². The van der Waals surface area contributed by atoms with Crippen LogP contribution in [0.15, 0.2) is 18.2 Å². The molecule has 0 radical (unpaired) electrons. The van der Waals surface area contributed by atoms with Gasteiger partial charge >= 0.3 is 0 Å². The first-order valence-corrected chi connectivity index (χ1v) is 5.37. The van der Waals surface area contributed by atoms with Crippen molar-refractivity contribution in [3.63, 3.8) is 0 Å². The van der Waals surface area contributed by atoms with Gasteiger partial charge in [-0.25, -0.2) is 0 Å². The maximum atomic E-state index is 11.6. The fraction of sp³-hybridized carbons (Fsp3) is 0.300. The van der Waals surface area contributed by atoms with E-state index in [2.05, 4.69) is 15.9 Å². The van der Waals surface area contributed by atoms with Crippen molar-refractivity contribution in [2.24, 2.45) is 0 Å². The largest absolute Gasteiger partial charge is 0.497 e. The molecule has 0 saturated carbocycles. The molecular weight excluding hydrogens is 267 g/mol. The van der Waals surface area contributed by atoms with Gasteiger partial charge in [-0.05, 0) is 25.1 Å². The second-order valence-corrected chi connectivity index (χ2v) is 4.67. The van der Waals surface area contributed by atoms with Gasteiger partial charge in [0, 0.05) is 10.6 Å². The van der Waals surface area contributed by atoms with Gasteiger partial charge in [-0.1, -0.05) is 27.5 Å². The zero-order valence-corrected chi connectivity index (χ0v) is 10.2. The van der Waals surface area contributed by atoms with Gasteiger partial charge in [0.05, 0.1) is 11.9 Å². The highest BCUT2D eigenvalue weighted by atomic mass is 79.9. The number of benzene rings is 1. The summed E-state index contributed by atoms with van der Waals surface area (Å²) in [6.45, 7) is 1.77. The number of alkyl halides is 1. The molecule has 14 heavy (non-hydrogen) atoms. The summed E-state index contributed by atoms with van der Waals surface area (Å²) in [5.41, 5.74) is 0.554. The average molecular weight is 278 g/mol. The van der Waals surface area contributed by atoms with Gasteiger partial charge in [0.25, 0.3) is 0 Å². The highest BCUT2D eigenvalue weighted by molar-refractivity contribution is 9.10. The Labute approximate surface area is 96.3 Å². The van der Waals surface area contributed by atoms with Gasteiger partial charge in [0.2, 0.25) is 0 Å². The molecular formula is C10H10BrClO2. The van der Waals surface area contributed by atoms with Crippen LogP contribution in [0.2, 0.25) is 5.02 Å². The Kier molecular flexibility index (Phi) is 3.96. The highest BCUT2D eigenvalue weighted by Crippen LogP contribution is 2.22. The lowest BCUT2D eigenvalue weighted by atomic mass is 10.1. The smallest absolute Gasteiger partial charge is 0.176 e. The van der Waals surface area contributed by atoms with Crippen LogP contribution in [0.3, 0.4) is 0 Å². The molecule has 0 N–H and O–H groups in total. The predicted octanol–water partition coefficient (Wildman–Crippen LogP) is 3.31. The van der Waals surface area contributed by atoms with Gasteiger partial charge in [0.1, 0.15) is 5.75 Å². The number of Topliss-reactive ketones (excluding diaryl/α,β-unsaturated/α-hetero) is 1. The molecule has 1 rings (SSSR count). The second kappa shape index (κ2) is 4.80. The second-order valence-electron chi connectivity index (χ2n) is 2.86. The summed E-state index contributed by atoms with van der Waals surface area (Å²) in [5.74, 6) is 0.583. The maximum Gasteiger partial charge on any atom is 0.176 e. The molecule has 1 aromatic carbocycles. The third-order valence-corrected chi connectivity index (χ3v) is 2.39. The minimum Gasteiger partial charge on any atom is -0.497 e. The molecule has 1 aromatic rings. The quantitative estimate of drug-likeness (QED) is 0.626. The Morgan fingerprint density at radius 2 is 2.14 bits per heavy atom. The van der Waals surface area contributed by atoms with E-state index >= 15 is 0 Å². The van der Waals surface area contributed by atoms with E-state index < -0.39 is 0 Å². The highest BCUT2D eigenvalue weighted by Gasteiger charge is 2.13. The average Bonchev–Trinajstić information content (AvgIpc) is 2.15. The van der Waals surface area contributed by atoms with E-state index in [0.717, 1.165) is 0 Å². The van der Waals surface area contributed by atoms with E-state index in [1.54, 1.807) is 25.1 Å². The van der Waals surface area contributed by atoms with Crippen LogP contribution >= 0.6 is 27.5 Å². The minimum atomic E-state index is -0.217. The molecule has 0 bridgehead atoms. The molecule has 0 amide bonds. The van der Waals surface area contributed by atoms with Crippen LogP contribution in [0, 0.1) is 0 Å². The Morgan fingerprint density at radius 3 is 2.64 bits per heavy atom. The van der Waals surface area contributed by atoms with E-state index in [1.807, 2.05) is 0 Å². The summed E-state index contributed by atoms with van der Waals surface area (Å²) in [7, 11) is 1.54. The van der Waals surface area contributed by atoms with E-state index in [4.69, 9.17) is 16.3 Å². The lowest BCUT2D eigenvalue weighted by molar-refractivity contribution is 0.0995. The van der Waals surface area contributed by atoms with E-state index in [-0.39, 0.29) is 10.6 Å². The number of methoxy groups -OCH3 is 1. The van der Waals surface area contributed by atoms with Crippen LogP contribution in [-0.2, 0) is 0 Å². The Hall–Kier alpha value is -0.540. The number of carbonyl (C=O) groups excluding carboxylic acids is 1. The van der Waals surface area contributed by atoms with Crippen molar-refractivity contribution in [2.75, 3.05) is 7.11 Å². The zero-order valence-electron chi connectivity index (χ0n) is 7.88. The van der Waals surface area contributed by atoms with Crippen molar-refractivity contribution in [3.05, 3.63) is 28.8 Å². The fourth-order valence-electron chi connectivity index (χ4n) is 1.05. The Bertz CT molecular complexity index is 350. The molecule has 0 aliphatic heterocycles. The SMILES string of the molecule is COc1cc(Cl)cc(C(=O)C(C)Br)c1. The summed E-state index contributed by atoms with van der Waals surface area (Å²) in [6.07, 6.45) is 0. The molecule has 0 heterocycles. The molecule has 0 saturated heterocycles. The van der Waals surface area contributed by atoms with Gasteiger partial charge < -0.3 is 4.74 Å². The van der Waals surface area contributed by atoms with Crippen molar-refractivity contribution in [2.45, 2.75) is 11.8 Å². The van der Waals surface area contributed by atoms with Gasteiger partial charge in [-0.15, -0.1) is 0 Å². The Morgan fingerprint density at radius 1 is 1.50 bits per heavy atom. The summed E-state index contributed by atoms with van der Waals surface area (Å²) >= 11 is 9.04. The van der Waals surface area contributed by atoms with Crippen LogP contribution in [0.1, 0.15) is 17.3 Å². The number of rotatable bonds is 3. The number of hydrogen-bond donors (Lipinski definition) is 0. The molecule has 0 aliphatic rings. The van der Waals surface area contributed by atoms with Crippen LogP contribution in [0.4, 0.5) is 0 Å². The summed E-state index contributed by atoms with van der Waals surface area (Å²) in [4.78, 5) is 11.4. The number of carbonyl (C=O) groups is 1. The monoisotopic (exact) mass is 276 g/mol. The van der Waals surface area contributed by atoms with Crippen molar-refractivity contribution in [1.82, 2.24) is 0 Å². The minimum absolute atomic E-state index is 0.00852. The van der Waals surface area contributed by atoms with Crippen LogP contribution in [-0.4, -0.2) is 17.7 Å². The predicted molar refractivity (Wildman–Crippen MR) is 60.7 cm³/mol. The van der Waals surface area contributed by atoms with Gasteiger partial charge in [-0.3, -0.25) is 4.79 Å². The van der Waals surface area contributed by atoms with E-state index in [0.29, 0.717) is 16.3 Å². The number of ketones is 1. The molecule has 4 heteroatoms. The molecule has 0 fully saturated rings. The van der Waals surface area contributed by atoms with Gasteiger partial charge in [0.15, 0.2) is 5.78 Å². The first-order valence-electron chi connectivity index (χ1n) is 4.07. The number of halogens is 2. The molecule has 1 atom stereocenters. The first-order chi connectivity index (χ1) is 6.54. The lowest BCUT2D eigenvalue weighted by Gasteiger charge is -2.06. The number of hydrogen-bond acceptors (Lipinski definition) is 2. The van der Waals surface area contributed by atoms with E-state index in [9.17, 15) is 4.79 Å². The zero-order chi connectivity index (χ0) is 10.7. The number of ether oxygens (including phenoxy) is 1. The molecule has 76 valence electrons. The molecule has 0 aliphatic carbocycles. The fourth-order valence-corrected chi connectivity index (χ4v) is 1.54. The molecule has 2 nitrogen and oxygen atoms in total. The van der Waals surface area contributed by atoms with Crippen molar-refractivity contribution in [1.29, 1.82) is 0 Å². The summed E-state index contributed by atoms with van der Waals surface area (Å²) < 4.78 is 5.01. The van der Waals surface area contributed by atoms with Crippen LogP contribution in [0.5, 0.6) is 5.75 Å². The summed E-state index contributed by atoms with van der Waals surface area (Å²) in [6, 6.07) is 4.97. The third-order valence-electron chi connectivity index (χ3n) is 1.75.